The van der Waals surface area contributed by atoms with Crippen LogP contribution in [0.3, 0.4) is 0 Å². The highest BCUT2D eigenvalue weighted by Crippen LogP contribution is 2.26. The molecule has 68 valence electrons. The van der Waals surface area contributed by atoms with Gasteiger partial charge in [0.2, 0.25) is 0 Å². The molecule has 0 aromatic rings. The van der Waals surface area contributed by atoms with E-state index in [1.165, 1.54) is 4.90 Å². The number of carbonyl (C=O) groups is 1. The maximum atomic E-state index is 10.6. The van der Waals surface area contributed by atoms with Gasteiger partial charge in [-0.3, -0.25) is 0 Å². The fourth-order valence-electron chi connectivity index (χ4n) is 2.21. The molecule has 0 spiro atoms. The van der Waals surface area contributed by atoms with E-state index in [4.69, 9.17) is 5.11 Å². The molecule has 2 saturated heterocycles. The van der Waals surface area contributed by atoms with Crippen LogP contribution in [-0.2, 0) is 0 Å². The first-order valence-corrected chi connectivity index (χ1v) is 4.46. The normalized spacial score (nSPS) is 34.8. The lowest BCUT2D eigenvalue weighted by atomic mass is 9.89. The molecule has 0 aromatic heterocycles. The second-order valence-electron chi connectivity index (χ2n) is 3.70. The van der Waals surface area contributed by atoms with Gasteiger partial charge in [0, 0.05) is 13.1 Å². The molecule has 2 atom stereocenters. The molecule has 0 saturated carbocycles. The second kappa shape index (κ2) is 2.94. The molecule has 2 aliphatic rings. The third-order valence-electron chi connectivity index (χ3n) is 2.97. The molecule has 1 amide bonds. The van der Waals surface area contributed by atoms with E-state index in [0.717, 1.165) is 38.5 Å². The van der Waals surface area contributed by atoms with Crippen molar-refractivity contribution in [3.05, 3.63) is 0 Å². The SMILES string of the molecule is O=C(O)N1CC[C@@H]2CNCC2C1. The van der Waals surface area contributed by atoms with Gasteiger partial charge in [-0.1, -0.05) is 0 Å². The molecular weight excluding hydrogens is 156 g/mol. The molecule has 2 heterocycles. The minimum atomic E-state index is -0.764. The molecule has 12 heavy (non-hydrogen) atoms. The van der Waals surface area contributed by atoms with Crippen LogP contribution in [0.4, 0.5) is 4.79 Å². The van der Waals surface area contributed by atoms with Crippen LogP contribution >= 0.6 is 0 Å². The van der Waals surface area contributed by atoms with Crippen molar-refractivity contribution >= 4 is 6.09 Å². The predicted molar refractivity (Wildman–Crippen MR) is 44.1 cm³/mol. The summed E-state index contributed by atoms with van der Waals surface area (Å²) in [5, 5.41) is 12.1. The van der Waals surface area contributed by atoms with E-state index in [0.29, 0.717) is 5.92 Å². The van der Waals surface area contributed by atoms with Crippen LogP contribution in [-0.4, -0.2) is 42.3 Å². The molecular formula is C8H14N2O2. The van der Waals surface area contributed by atoms with E-state index >= 15 is 0 Å². The Morgan fingerprint density at radius 3 is 2.92 bits per heavy atom. The largest absolute Gasteiger partial charge is 0.465 e. The number of nitrogens with zero attached hydrogens (tertiary/aromatic N) is 1. The fraction of sp³-hybridized carbons (Fsp3) is 0.875. The van der Waals surface area contributed by atoms with E-state index in [-0.39, 0.29) is 0 Å². The zero-order valence-corrected chi connectivity index (χ0v) is 6.99. The van der Waals surface area contributed by atoms with Crippen LogP contribution in [0.15, 0.2) is 0 Å². The molecule has 0 radical (unpaired) electrons. The van der Waals surface area contributed by atoms with Gasteiger partial charge in [0.15, 0.2) is 0 Å². The van der Waals surface area contributed by atoms with Crippen LogP contribution in [0.1, 0.15) is 6.42 Å². The Hall–Kier alpha value is -0.770. The molecule has 4 heteroatoms. The average Bonchev–Trinajstić information content (AvgIpc) is 2.49. The zero-order chi connectivity index (χ0) is 8.55. The van der Waals surface area contributed by atoms with E-state index < -0.39 is 6.09 Å². The Balaban J connectivity index is 1.96. The van der Waals surface area contributed by atoms with Crippen LogP contribution in [0.2, 0.25) is 0 Å². The summed E-state index contributed by atoms with van der Waals surface area (Å²) in [5.74, 6) is 1.29. The van der Waals surface area contributed by atoms with Crippen molar-refractivity contribution in [3.63, 3.8) is 0 Å². The van der Waals surface area contributed by atoms with Gasteiger partial charge in [-0.05, 0) is 31.3 Å². The van der Waals surface area contributed by atoms with E-state index in [1.54, 1.807) is 0 Å². The summed E-state index contributed by atoms with van der Waals surface area (Å²) in [6.07, 6.45) is 0.268. The number of amides is 1. The van der Waals surface area contributed by atoms with Gasteiger partial charge in [0.25, 0.3) is 0 Å². The summed E-state index contributed by atoms with van der Waals surface area (Å²) in [5.41, 5.74) is 0. The Morgan fingerprint density at radius 1 is 1.42 bits per heavy atom. The van der Waals surface area contributed by atoms with Gasteiger partial charge in [-0.2, -0.15) is 0 Å². The molecule has 2 aliphatic heterocycles. The van der Waals surface area contributed by atoms with Crippen molar-refractivity contribution in [2.75, 3.05) is 26.2 Å². The average molecular weight is 170 g/mol. The number of piperidine rings is 1. The van der Waals surface area contributed by atoms with Gasteiger partial charge in [-0.15, -0.1) is 0 Å². The molecule has 1 unspecified atom stereocenters. The van der Waals surface area contributed by atoms with E-state index in [2.05, 4.69) is 5.32 Å². The summed E-state index contributed by atoms with van der Waals surface area (Å²) < 4.78 is 0. The standard InChI is InChI=1S/C8H14N2O2/c11-8(12)10-2-1-6-3-9-4-7(6)5-10/h6-7,9H,1-5H2,(H,11,12)/t6-,7?/m1/s1. The molecule has 2 N–H and O–H groups in total. The van der Waals surface area contributed by atoms with Crippen LogP contribution in [0.25, 0.3) is 0 Å². The summed E-state index contributed by atoms with van der Waals surface area (Å²) in [6.45, 7) is 3.53. The van der Waals surface area contributed by atoms with Crippen molar-refractivity contribution < 1.29 is 9.90 Å². The lowest BCUT2D eigenvalue weighted by molar-refractivity contribution is 0.110. The summed E-state index contributed by atoms with van der Waals surface area (Å²) >= 11 is 0. The van der Waals surface area contributed by atoms with Crippen molar-refractivity contribution in [2.45, 2.75) is 6.42 Å². The Kier molecular flexibility index (Phi) is 1.92. The van der Waals surface area contributed by atoms with Gasteiger partial charge in [0.05, 0.1) is 0 Å². The van der Waals surface area contributed by atoms with Crippen LogP contribution < -0.4 is 5.32 Å². The van der Waals surface area contributed by atoms with Crippen molar-refractivity contribution in [1.82, 2.24) is 10.2 Å². The monoisotopic (exact) mass is 170 g/mol. The Labute approximate surface area is 71.5 Å². The van der Waals surface area contributed by atoms with Crippen molar-refractivity contribution in [2.24, 2.45) is 11.8 Å². The number of rotatable bonds is 0. The molecule has 0 aliphatic carbocycles. The minimum Gasteiger partial charge on any atom is -0.465 e. The Morgan fingerprint density at radius 2 is 2.17 bits per heavy atom. The number of hydrogen-bond donors (Lipinski definition) is 2. The molecule has 4 nitrogen and oxygen atoms in total. The highest BCUT2D eigenvalue weighted by Gasteiger charge is 2.34. The third kappa shape index (κ3) is 1.27. The minimum absolute atomic E-state index is 0.565. The lowest BCUT2D eigenvalue weighted by Crippen LogP contribution is -2.42. The predicted octanol–water partition coefficient (Wildman–Crippen LogP) is 0.206. The first-order chi connectivity index (χ1) is 5.77. The first kappa shape index (κ1) is 7.86. The maximum absolute atomic E-state index is 10.6. The van der Waals surface area contributed by atoms with Gasteiger partial charge in [0.1, 0.15) is 0 Å². The lowest BCUT2D eigenvalue weighted by Gasteiger charge is -2.32. The summed E-state index contributed by atoms with van der Waals surface area (Å²) in [6, 6.07) is 0. The fourth-order valence-corrected chi connectivity index (χ4v) is 2.21. The topological polar surface area (TPSA) is 52.6 Å². The van der Waals surface area contributed by atoms with Crippen molar-refractivity contribution in [3.8, 4) is 0 Å². The number of hydrogen-bond acceptors (Lipinski definition) is 2. The molecule has 2 rings (SSSR count). The highest BCUT2D eigenvalue weighted by molar-refractivity contribution is 5.65. The van der Waals surface area contributed by atoms with E-state index in [9.17, 15) is 4.79 Å². The van der Waals surface area contributed by atoms with Gasteiger partial charge >= 0.3 is 6.09 Å². The smallest absolute Gasteiger partial charge is 0.407 e. The number of carboxylic acid groups (broad SMARTS) is 1. The van der Waals surface area contributed by atoms with Crippen LogP contribution in [0.5, 0.6) is 0 Å². The second-order valence-corrected chi connectivity index (χ2v) is 3.70. The van der Waals surface area contributed by atoms with Gasteiger partial charge in [-0.25, -0.2) is 4.79 Å². The third-order valence-corrected chi connectivity index (χ3v) is 2.97. The highest BCUT2D eigenvalue weighted by atomic mass is 16.4. The molecule has 2 fully saturated rings. The summed E-state index contributed by atoms with van der Waals surface area (Å²) in [4.78, 5) is 12.2. The molecule has 0 bridgehead atoms. The number of likely N-dealkylation sites (tertiary alicyclic amines) is 1. The summed E-state index contributed by atoms with van der Waals surface area (Å²) in [7, 11) is 0. The number of nitrogens with one attached hydrogen (secondary N) is 1. The van der Waals surface area contributed by atoms with Gasteiger partial charge < -0.3 is 15.3 Å². The zero-order valence-electron chi connectivity index (χ0n) is 6.99. The Bertz CT molecular complexity index is 195. The van der Waals surface area contributed by atoms with Crippen molar-refractivity contribution in [1.29, 1.82) is 0 Å². The van der Waals surface area contributed by atoms with Crippen LogP contribution in [0, 0.1) is 11.8 Å². The number of fused-ring (bicyclic) bond motifs is 1. The first-order valence-electron chi connectivity index (χ1n) is 4.46. The maximum Gasteiger partial charge on any atom is 0.407 e. The van der Waals surface area contributed by atoms with E-state index in [1.807, 2.05) is 0 Å². The molecule has 0 aromatic carbocycles. The quantitative estimate of drug-likeness (QED) is 0.546.